The van der Waals surface area contributed by atoms with Crippen molar-refractivity contribution in [1.29, 1.82) is 0 Å². The number of nitrogens with zero attached hydrogens (tertiary/aromatic N) is 3. The van der Waals surface area contributed by atoms with Gasteiger partial charge in [0.1, 0.15) is 11.3 Å². The van der Waals surface area contributed by atoms with Gasteiger partial charge in [0.2, 0.25) is 0 Å². The zero-order chi connectivity index (χ0) is 13.4. The molecule has 0 aliphatic carbocycles. The number of carbonyl (C=O) groups excluding carboxylic acids is 1. The van der Waals surface area contributed by atoms with Crippen LogP contribution >= 0.6 is 0 Å². The Labute approximate surface area is 102 Å². The molecule has 8 nitrogen and oxygen atoms in total. The highest BCUT2D eigenvalue weighted by Crippen LogP contribution is 2.17. The molecule has 0 spiro atoms. The Hall–Kier alpha value is -2.77. The first-order chi connectivity index (χ1) is 8.61. The van der Waals surface area contributed by atoms with Gasteiger partial charge in [0.15, 0.2) is 6.33 Å². The summed E-state index contributed by atoms with van der Waals surface area (Å²) < 4.78 is 4.69. The minimum atomic E-state index is -1.11. The standard InChI is InChI=1S/C9H8O4.CH2N4/c1-6(10)13-8-5-3-2-4-7(8)9(11)12;1-2-4-5-3-1/h2-5H,1H3,(H,11,12);1H,(H,2,3,4,5). The minimum Gasteiger partial charge on any atom is -0.478 e. The predicted octanol–water partition coefficient (Wildman–Crippen LogP) is 0.510. The average Bonchev–Trinajstić information content (AvgIpc) is 2.87. The van der Waals surface area contributed by atoms with Gasteiger partial charge < -0.3 is 9.84 Å². The molecule has 0 bridgehead atoms. The Kier molecular flexibility index (Phi) is 4.98. The fourth-order valence-electron chi connectivity index (χ4n) is 1.02. The Bertz CT molecular complexity index is 495. The maximum atomic E-state index is 10.6. The second kappa shape index (κ2) is 6.74. The van der Waals surface area contributed by atoms with Gasteiger partial charge in [-0.1, -0.05) is 17.3 Å². The van der Waals surface area contributed by atoms with Crippen molar-refractivity contribution in [2.24, 2.45) is 0 Å². The summed E-state index contributed by atoms with van der Waals surface area (Å²) in [5.41, 5.74) is -0.0160. The minimum absolute atomic E-state index is 0.0160. The number of carbonyl (C=O) groups is 2. The van der Waals surface area contributed by atoms with E-state index in [1.807, 2.05) is 0 Å². The van der Waals surface area contributed by atoms with Gasteiger partial charge in [-0.05, 0) is 12.1 Å². The quantitative estimate of drug-likeness (QED) is 0.588. The fraction of sp³-hybridized carbons (Fsp3) is 0.100. The molecule has 18 heavy (non-hydrogen) atoms. The number of carboxylic acids is 1. The van der Waals surface area contributed by atoms with Gasteiger partial charge in [0.05, 0.1) is 0 Å². The van der Waals surface area contributed by atoms with Crippen LogP contribution in [0.4, 0.5) is 0 Å². The van der Waals surface area contributed by atoms with Crippen LogP contribution in [0.15, 0.2) is 30.6 Å². The number of para-hydroxylation sites is 1. The van der Waals surface area contributed by atoms with Crippen LogP contribution in [0.3, 0.4) is 0 Å². The number of rotatable bonds is 2. The summed E-state index contributed by atoms with van der Waals surface area (Å²) in [6, 6.07) is 5.98. The fourth-order valence-corrected chi connectivity index (χ4v) is 1.02. The normalized spacial score (nSPS) is 8.94. The Morgan fingerprint density at radius 3 is 2.50 bits per heavy atom. The molecule has 8 heteroatoms. The largest absolute Gasteiger partial charge is 0.478 e. The summed E-state index contributed by atoms with van der Waals surface area (Å²) in [7, 11) is 0. The molecular weight excluding hydrogens is 240 g/mol. The van der Waals surface area contributed by atoms with Crippen LogP contribution in [-0.4, -0.2) is 37.7 Å². The smallest absolute Gasteiger partial charge is 0.339 e. The van der Waals surface area contributed by atoms with E-state index in [9.17, 15) is 9.59 Å². The molecule has 2 N–H and O–H groups in total. The molecule has 0 fully saturated rings. The maximum Gasteiger partial charge on any atom is 0.339 e. The van der Waals surface area contributed by atoms with Gasteiger partial charge in [-0.15, -0.1) is 10.2 Å². The topological polar surface area (TPSA) is 118 Å². The van der Waals surface area contributed by atoms with E-state index in [0.717, 1.165) is 0 Å². The van der Waals surface area contributed by atoms with Crippen molar-refractivity contribution in [1.82, 2.24) is 20.6 Å². The van der Waals surface area contributed by atoms with Crippen molar-refractivity contribution < 1.29 is 19.4 Å². The van der Waals surface area contributed by atoms with Crippen molar-refractivity contribution in [2.75, 3.05) is 0 Å². The van der Waals surface area contributed by atoms with Crippen LogP contribution in [0.25, 0.3) is 0 Å². The number of hydrogen-bond acceptors (Lipinski definition) is 6. The summed E-state index contributed by atoms with van der Waals surface area (Å²) in [5.74, 6) is -1.58. The van der Waals surface area contributed by atoms with Gasteiger partial charge in [0, 0.05) is 6.92 Å². The molecule has 0 amide bonds. The van der Waals surface area contributed by atoms with E-state index in [2.05, 4.69) is 25.4 Å². The van der Waals surface area contributed by atoms with Crippen LogP contribution in [-0.2, 0) is 4.79 Å². The summed E-state index contributed by atoms with van der Waals surface area (Å²) in [4.78, 5) is 21.2. The molecule has 2 aromatic rings. The van der Waals surface area contributed by atoms with Crippen molar-refractivity contribution in [2.45, 2.75) is 6.92 Å². The molecule has 0 saturated carbocycles. The highest BCUT2D eigenvalue weighted by Gasteiger charge is 2.10. The third kappa shape index (κ3) is 4.39. The number of hydrogen-bond donors (Lipinski definition) is 2. The Balaban J connectivity index is 0.000000269. The van der Waals surface area contributed by atoms with Crippen LogP contribution in [0.1, 0.15) is 17.3 Å². The zero-order valence-electron chi connectivity index (χ0n) is 9.40. The first-order valence-corrected chi connectivity index (χ1v) is 4.78. The molecular formula is C10H10N4O4. The van der Waals surface area contributed by atoms with Crippen LogP contribution < -0.4 is 4.74 Å². The second-order valence-electron chi connectivity index (χ2n) is 2.95. The highest BCUT2D eigenvalue weighted by molar-refractivity contribution is 5.91. The molecule has 94 valence electrons. The monoisotopic (exact) mass is 250 g/mol. The zero-order valence-corrected chi connectivity index (χ0v) is 9.40. The molecule has 1 aromatic carbocycles. The number of aromatic carboxylic acids is 1. The number of benzene rings is 1. The van der Waals surface area contributed by atoms with Crippen molar-refractivity contribution in [3.05, 3.63) is 36.2 Å². The lowest BCUT2D eigenvalue weighted by Gasteiger charge is -2.03. The van der Waals surface area contributed by atoms with Crippen LogP contribution in [0.5, 0.6) is 5.75 Å². The SMILES string of the molecule is CC(=O)Oc1ccccc1C(=O)O.c1nn[nH]n1. The first-order valence-electron chi connectivity index (χ1n) is 4.78. The van der Waals surface area contributed by atoms with Gasteiger partial charge >= 0.3 is 11.9 Å². The van der Waals surface area contributed by atoms with Gasteiger partial charge in [0.25, 0.3) is 0 Å². The summed E-state index contributed by atoms with van der Waals surface area (Å²) in [5, 5.41) is 20.9. The molecule has 1 aromatic heterocycles. The van der Waals surface area contributed by atoms with E-state index in [1.54, 1.807) is 12.1 Å². The average molecular weight is 250 g/mol. The lowest BCUT2D eigenvalue weighted by molar-refractivity contribution is -0.131. The van der Waals surface area contributed by atoms with E-state index in [0.29, 0.717) is 0 Å². The van der Waals surface area contributed by atoms with Gasteiger partial charge in [-0.25, -0.2) is 4.79 Å². The molecule has 0 saturated heterocycles. The van der Waals surface area contributed by atoms with E-state index in [1.165, 1.54) is 25.4 Å². The number of esters is 1. The lowest BCUT2D eigenvalue weighted by atomic mass is 10.2. The Morgan fingerprint density at radius 1 is 1.33 bits per heavy atom. The lowest BCUT2D eigenvalue weighted by Crippen LogP contribution is -2.06. The molecule has 0 atom stereocenters. The number of carboxylic acid groups (broad SMARTS) is 1. The maximum absolute atomic E-state index is 10.6. The van der Waals surface area contributed by atoms with Crippen LogP contribution in [0, 0.1) is 0 Å². The van der Waals surface area contributed by atoms with Crippen molar-refractivity contribution in [3.63, 3.8) is 0 Å². The third-order valence-corrected chi connectivity index (χ3v) is 1.64. The summed E-state index contributed by atoms with van der Waals surface area (Å²) in [6.07, 6.45) is 1.33. The Morgan fingerprint density at radius 2 is 2.06 bits per heavy atom. The number of aromatic amines is 1. The number of H-pyrrole nitrogens is 1. The van der Waals surface area contributed by atoms with E-state index >= 15 is 0 Å². The number of ether oxygens (including phenoxy) is 1. The van der Waals surface area contributed by atoms with Crippen LogP contribution in [0.2, 0.25) is 0 Å². The van der Waals surface area contributed by atoms with E-state index in [4.69, 9.17) is 5.11 Å². The highest BCUT2D eigenvalue weighted by atomic mass is 16.5. The first kappa shape index (κ1) is 13.3. The second-order valence-corrected chi connectivity index (χ2v) is 2.95. The van der Waals surface area contributed by atoms with Crippen molar-refractivity contribution in [3.8, 4) is 5.75 Å². The molecule has 0 unspecified atom stereocenters. The number of aromatic nitrogens is 4. The molecule has 0 aliphatic heterocycles. The van der Waals surface area contributed by atoms with Gasteiger partial charge in [-0.2, -0.15) is 5.21 Å². The summed E-state index contributed by atoms with van der Waals surface area (Å²) in [6.45, 7) is 1.22. The van der Waals surface area contributed by atoms with Crippen molar-refractivity contribution >= 4 is 11.9 Å². The van der Waals surface area contributed by atoms with Gasteiger partial charge in [-0.3, -0.25) is 4.79 Å². The molecule has 0 radical (unpaired) electrons. The molecule has 2 rings (SSSR count). The number of nitrogens with one attached hydrogen (secondary N) is 1. The van der Waals surface area contributed by atoms with E-state index < -0.39 is 11.9 Å². The number of tetrazole rings is 1. The van der Waals surface area contributed by atoms with E-state index in [-0.39, 0.29) is 11.3 Å². The summed E-state index contributed by atoms with van der Waals surface area (Å²) >= 11 is 0. The molecule has 1 heterocycles. The third-order valence-electron chi connectivity index (χ3n) is 1.64. The predicted molar refractivity (Wildman–Crippen MR) is 58.9 cm³/mol. The molecule has 0 aliphatic rings.